The first-order chi connectivity index (χ1) is 11.7. The lowest BCUT2D eigenvalue weighted by atomic mass is 10.1. The van der Waals surface area contributed by atoms with Crippen LogP contribution in [0.1, 0.15) is 21.5 Å². The third-order valence-electron chi connectivity index (χ3n) is 4.01. The SMILES string of the molecule is COc1ccccc1CCNC(=O)c1cc2c(cc1C)OCCO2. The van der Waals surface area contributed by atoms with E-state index in [9.17, 15) is 4.79 Å². The van der Waals surface area contributed by atoms with E-state index in [2.05, 4.69) is 5.32 Å². The van der Waals surface area contributed by atoms with Gasteiger partial charge in [0, 0.05) is 12.1 Å². The van der Waals surface area contributed by atoms with Crippen LogP contribution in [-0.4, -0.2) is 32.8 Å². The highest BCUT2D eigenvalue weighted by molar-refractivity contribution is 5.96. The quantitative estimate of drug-likeness (QED) is 0.917. The number of benzene rings is 2. The number of hydrogen-bond acceptors (Lipinski definition) is 4. The summed E-state index contributed by atoms with van der Waals surface area (Å²) < 4.78 is 16.4. The molecule has 1 N–H and O–H groups in total. The maximum absolute atomic E-state index is 12.5. The van der Waals surface area contributed by atoms with Gasteiger partial charge in [0.05, 0.1) is 7.11 Å². The van der Waals surface area contributed by atoms with Gasteiger partial charge >= 0.3 is 0 Å². The van der Waals surface area contributed by atoms with Gasteiger partial charge in [-0.2, -0.15) is 0 Å². The van der Waals surface area contributed by atoms with Crippen molar-refractivity contribution < 1.29 is 19.0 Å². The molecule has 0 saturated carbocycles. The average molecular weight is 327 g/mol. The number of rotatable bonds is 5. The Morgan fingerprint density at radius 2 is 1.88 bits per heavy atom. The Balaban J connectivity index is 1.65. The molecule has 0 bridgehead atoms. The van der Waals surface area contributed by atoms with Crippen molar-refractivity contribution in [2.24, 2.45) is 0 Å². The molecule has 1 aliphatic heterocycles. The first kappa shape index (κ1) is 16.2. The molecule has 0 unspecified atom stereocenters. The molecule has 0 aliphatic carbocycles. The largest absolute Gasteiger partial charge is 0.496 e. The minimum absolute atomic E-state index is 0.112. The van der Waals surface area contributed by atoms with E-state index in [1.54, 1.807) is 13.2 Å². The van der Waals surface area contributed by atoms with E-state index in [1.165, 1.54) is 0 Å². The number of methoxy groups -OCH3 is 1. The topological polar surface area (TPSA) is 56.8 Å². The van der Waals surface area contributed by atoms with Crippen molar-refractivity contribution in [2.75, 3.05) is 26.9 Å². The van der Waals surface area contributed by atoms with Gasteiger partial charge in [-0.1, -0.05) is 18.2 Å². The fourth-order valence-electron chi connectivity index (χ4n) is 2.75. The Morgan fingerprint density at radius 1 is 1.17 bits per heavy atom. The van der Waals surface area contributed by atoms with Crippen LogP contribution < -0.4 is 19.5 Å². The first-order valence-corrected chi connectivity index (χ1v) is 7.99. The predicted molar refractivity (Wildman–Crippen MR) is 91.2 cm³/mol. The Bertz CT molecular complexity index is 742. The zero-order valence-electron chi connectivity index (χ0n) is 13.9. The van der Waals surface area contributed by atoms with Crippen LogP contribution in [0.15, 0.2) is 36.4 Å². The molecule has 2 aromatic rings. The van der Waals surface area contributed by atoms with Crippen LogP contribution in [0.4, 0.5) is 0 Å². The van der Waals surface area contributed by atoms with Crippen molar-refractivity contribution in [1.29, 1.82) is 0 Å². The zero-order chi connectivity index (χ0) is 16.9. The molecule has 0 atom stereocenters. The van der Waals surface area contributed by atoms with Gasteiger partial charge in [0.25, 0.3) is 5.91 Å². The summed E-state index contributed by atoms with van der Waals surface area (Å²) in [5.41, 5.74) is 2.55. The fraction of sp³-hybridized carbons (Fsp3) is 0.316. The lowest BCUT2D eigenvalue weighted by molar-refractivity contribution is 0.0952. The highest BCUT2D eigenvalue weighted by Crippen LogP contribution is 2.32. The van der Waals surface area contributed by atoms with E-state index in [4.69, 9.17) is 14.2 Å². The predicted octanol–water partition coefficient (Wildman–Crippen LogP) is 2.75. The molecule has 0 radical (unpaired) electrons. The third kappa shape index (κ3) is 3.45. The third-order valence-corrected chi connectivity index (χ3v) is 4.01. The number of carbonyl (C=O) groups is 1. The van der Waals surface area contributed by atoms with Crippen molar-refractivity contribution >= 4 is 5.91 Å². The number of ether oxygens (including phenoxy) is 3. The van der Waals surface area contributed by atoms with Crippen molar-refractivity contribution in [1.82, 2.24) is 5.32 Å². The van der Waals surface area contributed by atoms with Crippen molar-refractivity contribution in [3.05, 3.63) is 53.1 Å². The molecule has 1 heterocycles. The van der Waals surface area contributed by atoms with E-state index >= 15 is 0 Å². The van der Waals surface area contributed by atoms with E-state index in [-0.39, 0.29) is 5.91 Å². The number of amides is 1. The molecule has 0 aromatic heterocycles. The van der Waals surface area contributed by atoms with Crippen LogP contribution in [0.3, 0.4) is 0 Å². The number of nitrogens with one attached hydrogen (secondary N) is 1. The van der Waals surface area contributed by atoms with E-state index in [0.717, 1.165) is 16.9 Å². The minimum atomic E-state index is -0.112. The second-order valence-corrected chi connectivity index (χ2v) is 5.63. The van der Waals surface area contributed by atoms with Crippen molar-refractivity contribution in [3.63, 3.8) is 0 Å². The Hall–Kier alpha value is -2.69. The van der Waals surface area contributed by atoms with E-state index < -0.39 is 0 Å². The smallest absolute Gasteiger partial charge is 0.251 e. The molecule has 0 spiro atoms. The second-order valence-electron chi connectivity index (χ2n) is 5.63. The molecule has 1 aliphatic rings. The van der Waals surface area contributed by atoms with Crippen LogP contribution in [0.25, 0.3) is 0 Å². The first-order valence-electron chi connectivity index (χ1n) is 7.99. The van der Waals surface area contributed by atoms with Gasteiger partial charge in [-0.25, -0.2) is 0 Å². The summed E-state index contributed by atoms with van der Waals surface area (Å²) >= 11 is 0. The standard InChI is InChI=1S/C19H21NO4/c1-13-11-17-18(24-10-9-23-17)12-15(13)19(21)20-8-7-14-5-3-4-6-16(14)22-2/h3-6,11-12H,7-10H2,1-2H3,(H,20,21). The van der Waals surface area contributed by atoms with Gasteiger partial charge in [0.15, 0.2) is 11.5 Å². The van der Waals surface area contributed by atoms with E-state index in [1.807, 2.05) is 37.3 Å². The molecule has 5 heteroatoms. The van der Waals surface area contributed by atoms with Crippen LogP contribution in [0.2, 0.25) is 0 Å². The number of hydrogen-bond donors (Lipinski definition) is 1. The Kier molecular flexibility index (Phi) is 4.89. The normalized spacial score (nSPS) is 12.6. The average Bonchev–Trinajstić information content (AvgIpc) is 2.61. The minimum Gasteiger partial charge on any atom is -0.496 e. The van der Waals surface area contributed by atoms with Gasteiger partial charge < -0.3 is 19.5 Å². The van der Waals surface area contributed by atoms with Gasteiger partial charge in [-0.3, -0.25) is 4.79 Å². The second kappa shape index (κ2) is 7.25. The number of aryl methyl sites for hydroxylation is 1. The molecule has 3 rings (SSSR count). The maximum Gasteiger partial charge on any atom is 0.251 e. The molecule has 0 fully saturated rings. The molecule has 24 heavy (non-hydrogen) atoms. The van der Waals surface area contributed by atoms with Crippen LogP contribution in [0.5, 0.6) is 17.2 Å². The van der Waals surface area contributed by atoms with Gasteiger partial charge in [-0.15, -0.1) is 0 Å². The maximum atomic E-state index is 12.5. The summed E-state index contributed by atoms with van der Waals surface area (Å²) in [6.07, 6.45) is 0.708. The van der Waals surface area contributed by atoms with Crippen LogP contribution in [0, 0.1) is 6.92 Å². The van der Waals surface area contributed by atoms with Gasteiger partial charge in [0.1, 0.15) is 19.0 Å². The summed E-state index contributed by atoms with van der Waals surface area (Å²) in [5.74, 6) is 2.05. The summed E-state index contributed by atoms with van der Waals surface area (Å²) in [5, 5.41) is 2.96. The molecule has 126 valence electrons. The highest BCUT2D eigenvalue weighted by Gasteiger charge is 2.17. The molecule has 2 aromatic carbocycles. The number of para-hydroxylation sites is 1. The van der Waals surface area contributed by atoms with E-state index in [0.29, 0.717) is 43.2 Å². The zero-order valence-corrected chi connectivity index (χ0v) is 13.9. The number of fused-ring (bicyclic) bond motifs is 1. The van der Waals surface area contributed by atoms with Crippen molar-refractivity contribution in [3.8, 4) is 17.2 Å². The van der Waals surface area contributed by atoms with Crippen LogP contribution >= 0.6 is 0 Å². The Labute approximate surface area is 141 Å². The lowest BCUT2D eigenvalue weighted by Crippen LogP contribution is -2.27. The van der Waals surface area contributed by atoms with Crippen LogP contribution in [-0.2, 0) is 6.42 Å². The summed E-state index contributed by atoms with van der Waals surface area (Å²) in [6, 6.07) is 11.4. The monoisotopic (exact) mass is 327 g/mol. The summed E-state index contributed by atoms with van der Waals surface area (Å²) in [7, 11) is 1.65. The number of carbonyl (C=O) groups excluding carboxylic acids is 1. The van der Waals surface area contributed by atoms with Gasteiger partial charge in [0.2, 0.25) is 0 Å². The molecule has 5 nitrogen and oxygen atoms in total. The highest BCUT2D eigenvalue weighted by atomic mass is 16.6. The van der Waals surface area contributed by atoms with Crippen molar-refractivity contribution in [2.45, 2.75) is 13.3 Å². The fourth-order valence-corrected chi connectivity index (χ4v) is 2.75. The lowest BCUT2D eigenvalue weighted by Gasteiger charge is -2.20. The summed E-state index contributed by atoms with van der Waals surface area (Å²) in [4.78, 5) is 12.5. The molecular formula is C19H21NO4. The molecule has 0 saturated heterocycles. The Morgan fingerprint density at radius 3 is 2.62 bits per heavy atom. The molecular weight excluding hydrogens is 306 g/mol. The summed E-state index contributed by atoms with van der Waals surface area (Å²) in [6.45, 7) is 3.47. The molecule has 1 amide bonds. The van der Waals surface area contributed by atoms with Gasteiger partial charge in [-0.05, 0) is 42.7 Å².